The number of primary amides is 1. The van der Waals surface area contributed by atoms with Crippen LogP contribution >= 0.6 is 0 Å². The average molecular weight is 362 g/mol. The summed E-state index contributed by atoms with van der Waals surface area (Å²) >= 11 is 0. The number of para-hydroxylation sites is 1. The van der Waals surface area contributed by atoms with Crippen molar-refractivity contribution in [2.75, 3.05) is 11.4 Å². The van der Waals surface area contributed by atoms with Gasteiger partial charge in [-0.1, -0.05) is 24.3 Å². The number of hydrogen-bond acceptors (Lipinski definition) is 5. The van der Waals surface area contributed by atoms with Gasteiger partial charge in [-0.05, 0) is 37.3 Å². The second kappa shape index (κ2) is 7.35. The third kappa shape index (κ3) is 4.16. The van der Waals surface area contributed by atoms with Gasteiger partial charge >= 0.3 is 5.97 Å². The van der Waals surface area contributed by atoms with Crippen LogP contribution in [0, 0.1) is 0 Å². The first kappa shape index (κ1) is 18.5. The minimum atomic E-state index is -3.86. The van der Waals surface area contributed by atoms with Gasteiger partial charge in [0.25, 0.3) is 15.9 Å². The normalized spacial score (nSPS) is 12.2. The highest BCUT2D eigenvalue weighted by atomic mass is 32.2. The second-order valence-electron chi connectivity index (χ2n) is 5.29. The van der Waals surface area contributed by atoms with Crippen LogP contribution in [0.15, 0.2) is 59.5 Å². The number of benzene rings is 2. The number of amides is 1. The number of sulfonamides is 1. The number of nitrogens with two attached hydrogens (primary N) is 1. The number of nitrogens with zero attached hydrogens (tertiary/aromatic N) is 1. The quantitative estimate of drug-likeness (QED) is 0.785. The Morgan fingerprint density at radius 3 is 2.32 bits per heavy atom. The molecule has 0 aliphatic heterocycles. The fourth-order valence-electron chi connectivity index (χ4n) is 2.01. The maximum absolute atomic E-state index is 12.7. The SMILES string of the molecule is C[C@H](OC(=O)c1cccc(S(=O)(=O)N(C)c2ccccc2)c1)C(N)=O. The molecule has 0 radical (unpaired) electrons. The summed E-state index contributed by atoms with van der Waals surface area (Å²) in [7, 11) is -2.44. The average Bonchev–Trinajstić information content (AvgIpc) is 2.61. The molecule has 0 bridgehead atoms. The summed E-state index contributed by atoms with van der Waals surface area (Å²) in [5, 5.41) is 0. The Hall–Kier alpha value is -2.87. The highest BCUT2D eigenvalue weighted by Gasteiger charge is 2.23. The van der Waals surface area contributed by atoms with Gasteiger partial charge in [0.15, 0.2) is 6.10 Å². The molecule has 1 amide bonds. The van der Waals surface area contributed by atoms with Crippen molar-refractivity contribution in [1.29, 1.82) is 0 Å². The van der Waals surface area contributed by atoms with E-state index in [4.69, 9.17) is 10.5 Å². The highest BCUT2D eigenvalue weighted by Crippen LogP contribution is 2.22. The number of rotatable bonds is 6. The maximum Gasteiger partial charge on any atom is 0.338 e. The number of ether oxygens (including phenoxy) is 1. The first-order valence-corrected chi connectivity index (χ1v) is 8.82. The topological polar surface area (TPSA) is 107 Å². The van der Waals surface area contributed by atoms with Crippen molar-refractivity contribution in [2.45, 2.75) is 17.9 Å². The molecule has 0 aliphatic carbocycles. The van der Waals surface area contributed by atoms with Crippen LogP contribution < -0.4 is 10.0 Å². The Balaban J connectivity index is 2.31. The van der Waals surface area contributed by atoms with Gasteiger partial charge in [0.2, 0.25) is 0 Å². The van der Waals surface area contributed by atoms with E-state index in [9.17, 15) is 18.0 Å². The third-order valence-corrected chi connectivity index (χ3v) is 5.31. The van der Waals surface area contributed by atoms with E-state index in [1.165, 1.54) is 38.2 Å². The lowest BCUT2D eigenvalue weighted by Crippen LogP contribution is -2.30. The molecule has 1 atom stereocenters. The van der Waals surface area contributed by atoms with Gasteiger partial charge in [-0.25, -0.2) is 13.2 Å². The monoisotopic (exact) mass is 362 g/mol. The van der Waals surface area contributed by atoms with Gasteiger partial charge in [-0.3, -0.25) is 9.10 Å². The molecule has 2 N–H and O–H groups in total. The van der Waals surface area contributed by atoms with Crippen LogP contribution in [0.3, 0.4) is 0 Å². The van der Waals surface area contributed by atoms with Crippen molar-refractivity contribution < 1.29 is 22.7 Å². The van der Waals surface area contributed by atoms with Crippen molar-refractivity contribution in [1.82, 2.24) is 0 Å². The lowest BCUT2D eigenvalue weighted by atomic mass is 10.2. The van der Waals surface area contributed by atoms with Crippen molar-refractivity contribution in [3.05, 3.63) is 60.2 Å². The molecule has 0 fully saturated rings. The summed E-state index contributed by atoms with van der Waals surface area (Å²) < 4.78 is 31.5. The van der Waals surface area contributed by atoms with Crippen LogP contribution in [0.1, 0.15) is 17.3 Å². The Bertz CT molecular complexity index is 881. The molecule has 2 aromatic carbocycles. The lowest BCUT2D eigenvalue weighted by Gasteiger charge is -2.19. The van der Waals surface area contributed by atoms with Gasteiger partial charge in [-0.2, -0.15) is 0 Å². The second-order valence-corrected chi connectivity index (χ2v) is 7.26. The zero-order chi connectivity index (χ0) is 18.6. The van der Waals surface area contributed by atoms with Crippen LogP contribution in [0.5, 0.6) is 0 Å². The molecule has 0 saturated carbocycles. The van der Waals surface area contributed by atoms with Gasteiger partial charge in [0, 0.05) is 7.05 Å². The lowest BCUT2D eigenvalue weighted by molar-refractivity contribution is -0.125. The third-order valence-electron chi connectivity index (χ3n) is 3.53. The van der Waals surface area contributed by atoms with Crippen LogP contribution in [0.2, 0.25) is 0 Å². The molecular formula is C17H18N2O5S. The Morgan fingerprint density at radius 1 is 1.08 bits per heavy atom. The van der Waals surface area contributed by atoms with Crippen LogP contribution in [0.25, 0.3) is 0 Å². The van der Waals surface area contributed by atoms with Crippen molar-refractivity contribution in [2.24, 2.45) is 5.73 Å². The largest absolute Gasteiger partial charge is 0.449 e. The van der Waals surface area contributed by atoms with Gasteiger partial charge in [0.1, 0.15) is 0 Å². The molecule has 8 heteroatoms. The highest BCUT2D eigenvalue weighted by molar-refractivity contribution is 7.92. The fourth-order valence-corrected chi connectivity index (χ4v) is 3.25. The van der Waals surface area contributed by atoms with Crippen molar-refractivity contribution >= 4 is 27.6 Å². The summed E-state index contributed by atoms with van der Waals surface area (Å²) in [5.74, 6) is -1.62. The standard InChI is InChI=1S/C17H18N2O5S/c1-12(16(18)20)24-17(21)13-7-6-10-15(11-13)25(22,23)19(2)14-8-4-3-5-9-14/h3-12H,1-2H3,(H2,18,20)/t12-/m0/s1. The van der Waals surface area contributed by atoms with E-state index in [0.29, 0.717) is 5.69 Å². The zero-order valence-corrected chi connectivity index (χ0v) is 14.6. The summed E-state index contributed by atoms with van der Waals surface area (Å²) in [6, 6.07) is 13.9. The van der Waals surface area contributed by atoms with Gasteiger partial charge < -0.3 is 10.5 Å². The minimum Gasteiger partial charge on any atom is -0.449 e. The molecule has 0 unspecified atom stereocenters. The fraction of sp³-hybridized carbons (Fsp3) is 0.176. The molecule has 0 aliphatic rings. The molecule has 2 rings (SSSR count). The molecular weight excluding hydrogens is 344 g/mol. The van der Waals surface area contributed by atoms with Crippen molar-refractivity contribution in [3.63, 3.8) is 0 Å². The number of hydrogen-bond donors (Lipinski definition) is 1. The van der Waals surface area contributed by atoms with E-state index in [-0.39, 0.29) is 10.5 Å². The predicted octanol–water partition coefficient (Wildman–Crippen LogP) is 1.54. The summed E-state index contributed by atoms with van der Waals surface area (Å²) in [4.78, 5) is 23.0. The number of carbonyl (C=O) groups is 2. The Morgan fingerprint density at radius 2 is 1.72 bits per heavy atom. The molecule has 7 nitrogen and oxygen atoms in total. The summed E-state index contributed by atoms with van der Waals surface area (Å²) in [6.07, 6.45) is -1.11. The first-order valence-electron chi connectivity index (χ1n) is 7.38. The first-order chi connectivity index (χ1) is 11.7. The van der Waals surface area contributed by atoms with Gasteiger partial charge in [0.05, 0.1) is 16.1 Å². The molecule has 0 saturated heterocycles. The van der Waals surface area contributed by atoms with Crippen LogP contribution in [-0.4, -0.2) is 33.4 Å². The smallest absolute Gasteiger partial charge is 0.338 e. The molecule has 2 aromatic rings. The van der Waals surface area contributed by atoms with E-state index >= 15 is 0 Å². The van der Waals surface area contributed by atoms with E-state index in [1.54, 1.807) is 30.3 Å². The maximum atomic E-state index is 12.7. The molecule has 0 heterocycles. The van der Waals surface area contributed by atoms with Crippen LogP contribution in [0.4, 0.5) is 5.69 Å². The van der Waals surface area contributed by atoms with E-state index < -0.39 is 28.0 Å². The Labute approximate surface area is 146 Å². The van der Waals surface area contributed by atoms with Gasteiger partial charge in [-0.15, -0.1) is 0 Å². The predicted molar refractivity (Wildman–Crippen MR) is 92.5 cm³/mol. The number of anilines is 1. The summed E-state index contributed by atoms with van der Waals surface area (Å²) in [6.45, 7) is 1.34. The van der Waals surface area contributed by atoms with E-state index in [1.807, 2.05) is 0 Å². The summed E-state index contributed by atoms with van der Waals surface area (Å²) in [5.41, 5.74) is 5.54. The molecule has 0 spiro atoms. The van der Waals surface area contributed by atoms with Crippen LogP contribution in [-0.2, 0) is 19.6 Å². The minimum absolute atomic E-state index is 0.00985. The van der Waals surface area contributed by atoms with Crippen molar-refractivity contribution in [3.8, 4) is 0 Å². The molecule has 0 aromatic heterocycles. The molecule has 25 heavy (non-hydrogen) atoms. The van der Waals surface area contributed by atoms with E-state index in [0.717, 1.165) is 4.31 Å². The molecule has 132 valence electrons. The Kier molecular flexibility index (Phi) is 5.43. The zero-order valence-electron chi connectivity index (χ0n) is 13.7. The number of carbonyl (C=O) groups excluding carboxylic acids is 2. The number of esters is 1. The van der Waals surface area contributed by atoms with E-state index in [2.05, 4.69) is 0 Å².